The molecule has 1 aromatic carbocycles. The van der Waals surface area contributed by atoms with E-state index in [1.54, 1.807) is 61.7 Å². The van der Waals surface area contributed by atoms with Crippen molar-refractivity contribution in [3.63, 3.8) is 0 Å². The maximum Gasteiger partial charge on any atom is 0.279 e. The number of benzene rings is 1. The van der Waals surface area contributed by atoms with Crippen LogP contribution in [0.5, 0.6) is 0 Å². The van der Waals surface area contributed by atoms with E-state index in [9.17, 15) is 15.3 Å². The molecule has 6 heteroatoms. The Kier molecular flexibility index (Phi) is 5.61. The summed E-state index contributed by atoms with van der Waals surface area (Å²) in [4.78, 5) is 13.1. The van der Waals surface area contributed by atoms with E-state index >= 15 is 0 Å². The van der Waals surface area contributed by atoms with Gasteiger partial charge in [0.1, 0.15) is 17.7 Å². The standard InChI is InChI=1S/C19H12ClN4O/c1-13-4-2-3-9-24(13)18(17(12-23)15(10-21)11-22)19(25)14-5-7-16(20)8-6-14/h2-9,21H,1H3/q+1/b18-17-. The molecular weight excluding hydrogens is 336 g/mol. The van der Waals surface area contributed by atoms with Crippen LogP contribution in [-0.2, 0) is 0 Å². The van der Waals surface area contributed by atoms with Crippen molar-refractivity contribution in [1.29, 1.82) is 15.9 Å². The van der Waals surface area contributed by atoms with Crippen LogP contribution in [-0.4, -0.2) is 11.7 Å². The van der Waals surface area contributed by atoms with Crippen LogP contribution in [0.15, 0.2) is 59.8 Å². The Balaban J connectivity index is 2.83. The molecule has 0 unspecified atom stereocenters. The number of allylic oxidation sites excluding steroid dienone is 3. The Morgan fingerprint density at radius 3 is 2.32 bits per heavy atom. The minimum absolute atomic E-state index is 0.0146. The van der Waals surface area contributed by atoms with E-state index < -0.39 is 5.78 Å². The molecule has 2 rings (SSSR count). The number of nitrogens with one attached hydrogen (secondary N) is 1. The average Bonchev–Trinajstić information content (AvgIpc) is 2.63. The highest BCUT2D eigenvalue weighted by Gasteiger charge is 2.30. The van der Waals surface area contributed by atoms with E-state index in [-0.39, 0.29) is 16.8 Å². The lowest BCUT2D eigenvalue weighted by molar-refractivity contribution is -0.584. The first-order chi connectivity index (χ1) is 12.0. The van der Waals surface area contributed by atoms with Crippen molar-refractivity contribution < 1.29 is 9.36 Å². The average molecular weight is 348 g/mol. The van der Waals surface area contributed by atoms with Gasteiger partial charge in [-0.3, -0.25) is 10.2 Å². The molecule has 1 aromatic heterocycles. The maximum atomic E-state index is 13.1. The van der Waals surface area contributed by atoms with E-state index in [1.807, 2.05) is 11.9 Å². The lowest BCUT2D eigenvalue weighted by atomic mass is 10.00. The summed E-state index contributed by atoms with van der Waals surface area (Å²) in [6.07, 6.45) is 1.62. The van der Waals surface area contributed by atoms with Gasteiger partial charge in [-0.25, -0.2) is 0 Å². The summed E-state index contributed by atoms with van der Waals surface area (Å²) in [5.74, 6) is 1.46. The molecule has 5 nitrogen and oxygen atoms in total. The second-order valence-corrected chi connectivity index (χ2v) is 5.43. The number of rotatable bonds is 4. The van der Waals surface area contributed by atoms with E-state index in [0.29, 0.717) is 16.3 Å². The van der Waals surface area contributed by atoms with Gasteiger partial charge in [-0.1, -0.05) is 17.7 Å². The number of carbonyl (C=O) groups excluding carboxylic acids is 1. The summed E-state index contributed by atoms with van der Waals surface area (Å²) in [5.41, 5.74) is 0.464. The van der Waals surface area contributed by atoms with Crippen molar-refractivity contribution >= 4 is 29.0 Å². The number of hydrogen-bond donors (Lipinski definition) is 1. The smallest absolute Gasteiger partial charge is 0.279 e. The van der Waals surface area contributed by atoms with Crippen molar-refractivity contribution in [2.24, 2.45) is 0 Å². The van der Waals surface area contributed by atoms with E-state index in [2.05, 4.69) is 0 Å². The molecule has 1 N–H and O–H groups in total. The summed E-state index contributed by atoms with van der Waals surface area (Å²) < 4.78 is 1.52. The van der Waals surface area contributed by atoms with Gasteiger partial charge in [-0.05, 0) is 30.1 Å². The van der Waals surface area contributed by atoms with Gasteiger partial charge in [-0.2, -0.15) is 15.1 Å². The quantitative estimate of drug-likeness (QED) is 0.230. The zero-order valence-electron chi connectivity index (χ0n) is 13.2. The maximum absolute atomic E-state index is 13.1. The van der Waals surface area contributed by atoms with Gasteiger partial charge >= 0.3 is 0 Å². The third-order valence-corrected chi connectivity index (χ3v) is 3.71. The van der Waals surface area contributed by atoms with Gasteiger partial charge in [0.25, 0.3) is 11.5 Å². The van der Waals surface area contributed by atoms with Gasteiger partial charge in [-0.15, -0.1) is 0 Å². The molecular formula is C19H12ClN4O+. The highest BCUT2D eigenvalue weighted by Crippen LogP contribution is 2.19. The van der Waals surface area contributed by atoms with Crippen LogP contribution in [0.25, 0.3) is 5.70 Å². The van der Waals surface area contributed by atoms with Crippen LogP contribution >= 0.6 is 11.6 Å². The summed E-state index contributed by atoms with van der Waals surface area (Å²) in [6.45, 7) is 1.77. The van der Waals surface area contributed by atoms with Crippen LogP contribution in [0.4, 0.5) is 0 Å². The first-order valence-corrected chi connectivity index (χ1v) is 7.53. The molecule has 0 aliphatic carbocycles. The number of halogens is 1. The predicted octanol–water partition coefficient (Wildman–Crippen LogP) is 3.25. The Bertz CT molecular complexity index is 1000. The minimum Gasteiger partial charge on any atom is -0.282 e. The van der Waals surface area contributed by atoms with Crippen LogP contribution in [0, 0.1) is 35.0 Å². The zero-order valence-corrected chi connectivity index (χ0v) is 14.0. The first-order valence-electron chi connectivity index (χ1n) is 7.16. The molecule has 0 bridgehead atoms. The molecule has 0 saturated heterocycles. The minimum atomic E-state index is -0.462. The molecule has 1 heterocycles. The lowest BCUT2D eigenvalue weighted by Crippen LogP contribution is -2.40. The largest absolute Gasteiger partial charge is 0.282 e. The normalized spacial score (nSPS) is 10.7. The highest BCUT2D eigenvalue weighted by atomic mass is 35.5. The Labute approximate surface area is 149 Å². The molecule has 0 amide bonds. The summed E-state index contributed by atoms with van der Waals surface area (Å²) in [7, 11) is 0. The van der Waals surface area contributed by atoms with Crippen molar-refractivity contribution in [3.05, 3.63) is 76.1 Å². The second kappa shape index (κ2) is 7.86. The van der Waals surface area contributed by atoms with Crippen LogP contribution in [0.2, 0.25) is 5.02 Å². The number of Topliss-reactive ketones (excluding diaryl/α,β-unsaturated/α-hetero) is 1. The fourth-order valence-electron chi connectivity index (χ4n) is 2.23. The summed E-state index contributed by atoms with van der Waals surface area (Å²) in [5, 5.41) is 26.4. The molecule has 0 aliphatic heterocycles. The molecule has 0 aliphatic rings. The Morgan fingerprint density at radius 2 is 1.80 bits per heavy atom. The summed E-state index contributed by atoms with van der Waals surface area (Å²) >= 11 is 5.86. The number of nitriles is 2. The number of hydrogen-bond acceptors (Lipinski definition) is 4. The molecule has 0 atom stereocenters. The van der Waals surface area contributed by atoms with Crippen molar-refractivity contribution in [2.75, 3.05) is 0 Å². The number of nitrogens with zero attached hydrogens (tertiary/aromatic N) is 3. The molecule has 0 radical (unpaired) electrons. The molecule has 2 aromatic rings. The number of pyridine rings is 1. The second-order valence-electron chi connectivity index (χ2n) is 5.00. The van der Waals surface area contributed by atoms with E-state index in [1.165, 1.54) is 4.57 Å². The number of ketones is 1. The Morgan fingerprint density at radius 1 is 1.12 bits per heavy atom. The third-order valence-electron chi connectivity index (χ3n) is 3.46. The fraction of sp³-hybridized carbons (Fsp3) is 0.0526. The molecule has 0 saturated carbocycles. The number of carbonyl (C=O) groups is 1. The molecule has 25 heavy (non-hydrogen) atoms. The van der Waals surface area contributed by atoms with Crippen LogP contribution in [0.1, 0.15) is 16.1 Å². The van der Waals surface area contributed by atoms with E-state index in [0.717, 1.165) is 0 Å². The van der Waals surface area contributed by atoms with Crippen molar-refractivity contribution in [3.8, 4) is 12.1 Å². The first kappa shape index (κ1) is 17.8. The molecule has 0 fully saturated rings. The zero-order chi connectivity index (χ0) is 18.4. The van der Waals surface area contributed by atoms with Gasteiger partial charge < -0.3 is 0 Å². The number of aromatic nitrogens is 1. The van der Waals surface area contributed by atoms with Crippen LogP contribution in [0.3, 0.4) is 0 Å². The Hall–Kier alpha value is -3.50. The number of aryl methyl sites for hydroxylation is 1. The van der Waals surface area contributed by atoms with Gasteiger partial charge in [0.2, 0.25) is 0 Å². The molecule has 120 valence electrons. The summed E-state index contributed by atoms with van der Waals surface area (Å²) in [6, 6.07) is 15.1. The van der Waals surface area contributed by atoms with Crippen LogP contribution < -0.4 is 4.57 Å². The van der Waals surface area contributed by atoms with Gasteiger partial charge in [0.15, 0.2) is 17.5 Å². The van der Waals surface area contributed by atoms with Crippen molar-refractivity contribution in [2.45, 2.75) is 6.92 Å². The van der Waals surface area contributed by atoms with Crippen molar-refractivity contribution in [1.82, 2.24) is 0 Å². The monoisotopic (exact) mass is 347 g/mol. The predicted molar refractivity (Wildman–Crippen MR) is 92.8 cm³/mol. The highest BCUT2D eigenvalue weighted by molar-refractivity contribution is 6.31. The third kappa shape index (κ3) is 3.71. The van der Waals surface area contributed by atoms with Gasteiger partial charge in [0, 0.05) is 29.6 Å². The SMILES string of the molecule is Cc1cccc[n+]1/C(C(=O)c1ccc(Cl)cc1)=C(/C#N)C(=C=N)C#N. The lowest BCUT2D eigenvalue weighted by Gasteiger charge is -2.06. The topological polar surface area (TPSA) is 92.4 Å². The van der Waals surface area contributed by atoms with E-state index in [4.69, 9.17) is 17.0 Å². The fourth-order valence-corrected chi connectivity index (χ4v) is 2.36. The van der Waals surface area contributed by atoms with Gasteiger partial charge in [0.05, 0.1) is 0 Å². The molecule has 0 spiro atoms.